The summed E-state index contributed by atoms with van der Waals surface area (Å²) in [4.78, 5) is 0. The van der Waals surface area contributed by atoms with Crippen LogP contribution >= 0.6 is 11.6 Å². The minimum atomic E-state index is 0.103. The van der Waals surface area contributed by atoms with Gasteiger partial charge in [-0.1, -0.05) is 12.2 Å². The Balaban J connectivity index is 3.15. The molecule has 9 heavy (non-hydrogen) atoms. The van der Waals surface area contributed by atoms with Crippen LogP contribution in [-0.4, -0.2) is 17.1 Å². The van der Waals surface area contributed by atoms with Gasteiger partial charge in [-0.25, -0.2) is 0 Å². The van der Waals surface area contributed by atoms with E-state index in [1.807, 2.05) is 19.1 Å². The molecule has 0 aliphatic heterocycles. The molecule has 0 aliphatic rings. The van der Waals surface area contributed by atoms with Gasteiger partial charge in [0.2, 0.25) is 0 Å². The molecule has 0 aromatic carbocycles. The summed E-state index contributed by atoms with van der Waals surface area (Å²) in [5.41, 5.74) is 0. The van der Waals surface area contributed by atoms with Crippen molar-refractivity contribution in [2.75, 3.05) is 6.61 Å². The summed E-state index contributed by atoms with van der Waals surface area (Å²) in [6, 6.07) is 0. The lowest BCUT2D eigenvalue weighted by Gasteiger charge is -2.01. The summed E-state index contributed by atoms with van der Waals surface area (Å²) >= 11 is 5.75. The summed E-state index contributed by atoms with van der Waals surface area (Å²) in [6.45, 7) is 2.15. The molecule has 0 spiro atoms. The highest BCUT2D eigenvalue weighted by Gasteiger charge is 1.98. The zero-order valence-corrected chi connectivity index (χ0v) is 6.43. The largest absolute Gasteiger partial charge is 0.396 e. The van der Waals surface area contributed by atoms with Gasteiger partial charge < -0.3 is 5.11 Å². The van der Waals surface area contributed by atoms with Crippen LogP contribution in [0.15, 0.2) is 12.2 Å². The van der Waals surface area contributed by atoms with E-state index >= 15 is 0 Å². The standard InChI is InChI=1S/C7H13ClO/c1-2-3-4-7(8)5-6-9/h2-3,7,9H,4-6H2,1H3/b3-2+. The van der Waals surface area contributed by atoms with Crippen LogP contribution < -0.4 is 0 Å². The Bertz CT molecular complexity index is 81.0. The van der Waals surface area contributed by atoms with Gasteiger partial charge in [-0.3, -0.25) is 0 Å². The lowest BCUT2D eigenvalue weighted by molar-refractivity contribution is 0.286. The second kappa shape index (κ2) is 6.12. The van der Waals surface area contributed by atoms with Crippen molar-refractivity contribution in [2.45, 2.75) is 25.1 Å². The third-order valence-corrected chi connectivity index (χ3v) is 1.47. The van der Waals surface area contributed by atoms with Crippen molar-refractivity contribution in [1.29, 1.82) is 0 Å². The fourth-order valence-electron chi connectivity index (χ4n) is 0.542. The molecule has 0 aromatic rings. The van der Waals surface area contributed by atoms with E-state index in [1.54, 1.807) is 0 Å². The first-order valence-corrected chi connectivity index (χ1v) is 3.61. The van der Waals surface area contributed by atoms with E-state index in [4.69, 9.17) is 16.7 Å². The van der Waals surface area contributed by atoms with E-state index in [2.05, 4.69) is 0 Å². The third-order valence-electron chi connectivity index (χ3n) is 1.07. The van der Waals surface area contributed by atoms with E-state index in [0.29, 0.717) is 6.42 Å². The summed E-state index contributed by atoms with van der Waals surface area (Å²) < 4.78 is 0. The summed E-state index contributed by atoms with van der Waals surface area (Å²) in [5, 5.41) is 8.53. The Morgan fingerprint density at radius 3 is 2.78 bits per heavy atom. The number of halogens is 1. The van der Waals surface area contributed by atoms with E-state index in [0.717, 1.165) is 6.42 Å². The molecule has 0 aliphatic carbocycles. The Hall–Kier alpha value is -0.0100. The molecule has 54 valence electrons. The molecule has 1 nitrogen and oxygen atoms in total. The highest BCUT2D eigenvalue weighted by Crippen LogP contribution is 2.06. The van der Waals surface area contributed by atoms with Crippen LogP contribution in [0, 0.1) is 0 Å². The number of hydrogen-bond acceptors (Lipinski definition) is 1. The molecule has 0 radical (unpaired) electrons. The van der Waals surface area contributed by atoms with Crippen molar-refractivity contribution < 1.29 is 5.11 Å². The second-order valence-electron chi connectivity index (χ2n) is 1.91. The molecule has 0 saturated carbocycles. The quantitative estimate of drug-likeness (QED) is 0.477. The molecule has 1 N–H and O–H groups in total. The van der Waals surface area contributed by atoms with Gasteiger partial charge in [0.1, 0.15) is 0 Å². The van der Waals surface area contributed by atoms with Crippen molar-refractivity contribution in [3.8, 4) is 0 Å². The zero-order valence-electron chi connectivity index (χ0n) is 5.68. The molecule has 1 unspecified atom stereocenters. The van der Waals surface area contributed by atoms with E-state index in [9.17, 15) is 0 Å². The predicted octanol–water partition coefficient (Wildman–Crippen LogP) is 1.94. The summed E-state index contributed by atoms with van der Waals surface area (Å²) in [5.74, 6) is 0. The number of alkyl halides is 1. The van der Waals surface area contributed by atoms with Gasteiger partial charge in [-0.15, -0.1) is 11.6 Å². The topological polar surface area (TPSA) is 20.2 Å². The second-order valence-corrected chi connectivity index (χ2v) is 2.53. The first-order valence-electron chi connectivity index (χ1n) is 3.17. The summed E-state index contributed by atoms with van der Waals surface area (Å²) in [6.07, 6.45) is 5.52. The number of aliphatic hydroxyl groups is 1. The van der Waals surface area contributed by atoms with Crippen LogP contribution in [0.1, 0.15) is 19.8 Å². The van der Waals surface area contributed by atoms with Gasteiger partial charge in [-0.2, -0.15) is 0 Å². The van der Waals surface area contributed by atoms with E-state index < -0.39 is 0 Å². The normalized spacial score (nSPS) is 14.6. The average Bonchev–Trinajstić information content (AvgIpc) is 1.85. The Morgan fingerprint density at radius 2 is 2.33 bits per heavy atom. The van der Waals surface area contributed by atoms with Gasteiger partial charge in [0.25, 0.3) is 0 Å². The molecule has 0 rings (SSSR count). The van der Waals surface area contributed by atoms with Crippen molar-refractivity contribution in [3.63, 3.8) is 0 Å². The lowest BCUT2D eigenvalue weighted by Crippen LogP contribution is -1.98. The Morgan fingerprint density at radius 1 is 1.67 bits per heavy atom. The molecule has 0 bridgehead atoms. The minimum absolute atomic E-state index is 0.103. The SMILES string of the molecule is C/C=C/CC(Cl)CCO. The molecule has 0 amide bonds. The monoisotopic (exact) mass is 148 g/mol. The maximum atomic E-state index is 8.43. The van der Waals surface area contributed by atoms with Crippen molar-refractivity contribution in [3.05, 3.63) is 12.2 Å². The fraction of sp³-hybridized carbons (Fsp3) is 0.714. The third kappa shape index (κ3) is 5.87. The smallest absolute Gasteiger partial charge is 0.0445 e. The molecule has 1 atom stereocenters. The van der Waals surface area contributed by atoms with Crippen LogP contribution in [-0.2, 0) is 0 Å². The Kier molecular flexibility index (Phi) is 6.11. The number of allylic oxidation sites excluding steroid dienone is 2. The highest BCUT2D eigenvalue weighted by molar-refractivity contribution is 6.20. The average molecular weight is 149 g/mol. The maximum absolute atomic E-state index is 8.43. The number of aliphatic hydroxyl groups excluding tert-OH is 1. The minimum Gasteiger partial charge on any atom is -0.396 e. The number of rotatable bonds is 4. The summed E-state index contributed by atoms with van der Waals surface area (Å²) in [7, 11) is 0. The van der Waals surface area contributed by atoms with Gasteiger partial charge >= 0.3 is 0 Å². The van der Waals surface area contributed by atoms with Crippen LogP contribution in [0.4, 0.5) is 0 Å². The van der Waals surface area contributed by atoms with Crippen molar-refractivity contribution >= 4 is 11.6 Å². The van der Waals surface area contributed by atoms with Gasteiger partial charge in [0.05, 0.1) is 0 Å². The molecule has 0 heterocycles. The van der Waals surface area contributed by atoms with Gasteiger partial charge in [0.15, 0.2) is 0 Å². The molecule has 0 saturated heterocycles. The maximum Gasteiger partial charge on any atom is 0.0445 e. The number of hydrogen-bond donors (Lipinski definition) is 1. The van der Waals surface area contributed by atoms with Crippen LogP contribution in [0.2, 0.25) is 0 Å². The fourth-order valence-corrected chi connectivity index (χ4v) is 0.742. The lowest BCUT2D eigenvalue weighted by atomic mass is 10.2. The Labute approximate surface area is 61.3 Å². The first-order chi connectivity index (χ1) is 4.31. The van der Waals surface area contributed by atoms with E-state index in [1.165, 1.54) is 0 Å². The van der Waals surface area contributed by atoms with Crippen molar-refractivity contribution in [2.24, 2.45) is 0 Å². The molecular weight excluding hydrogens is 136 g/mol. The van der Waals surface area contributed by atoms with E-state index in [-0.39, 0.29) is 12.0 Å². The van der Waals surface area contributed by atoms with Crippen molar-refractivity contribution in [1.82, 2.24) is 0 Å². The van der Waals surface area contributed by atoms with Crippen LogP contribution in [0.25, 0.3) is 0 Å². The molecule has 0 fully saturated rings. The van der Waals surface area contributed by atoms with Crippen LogP contribution in [0.5, 0.6) is 0 Å². The van der Waals surface area contributed by atoms with Crippen LogP contribution in [0.3, 0.4) is 0 Å². The molecule has 0 aromatic heterocycles. The van der Waals surface area contributed by atoms with Gasteiger partial charge in [-0.05, 0) is 19.8 Å². The van der Waals surface area contributed by atoms with Gasteiger partial charge in [0, 0.05) is 12.0 Å². The molecule has 2 heteroatoms. The zero-order chi connectivity index (χ0) is 7.11. The molecular formula is C7H13ClO. The highest BCUT2D eigenvalue weighted by atomic mass is 35.5. The first kappa shape index (κ1) is 8.99. The predicted molar refractivity (Wildman–Crippen MR) is 40.8 cm³/mol.